The summed E-state index contributed by atoms with van der Waals surface area (Å²) in [6.45, 7) is 0.907. The maximum absolute atomic E-state index is 11.6. The van der Waals surface area contributed by atoms with Crippen molar-refractivity contribution in [2.75, 3.05) is 13.2 Å². The summed E-state index contributed by atoms with van der Waals surface area (Å²) in [4.78, 5) is 11.6. The van der Waals surface area contributed by atoms with E-state index in [9.17, 15) is 9.90 Å². The first-order chi connectivity index (χ1) is 8.65. The monoisotopic (exact) mass is 268 g/mol. The van der Waals surface area contributed by atoms with Crippen molar-refractivity contribution in [1.82, 2.24) is 0 Å². The number of carboxylic acid groups (broad SMARTS) is 1. The van der Waals surface area contributed by atoms with Crippen LogP contribution in [0.5, 0.6) is 11.5 Å². The highest BCUT2D eigenvalue weighted by Gasteiger charge is 2.50. The lowest BCUT2D eigenvalue weighted by atomic mass is 9.64. The first-order valence-electron chi connectivity index (χ1n) is 5.97. The fourth-order valence-corrected chi connectivity index (χ4v) is 2.97. The molecule has 96 valence electrons. The van der Waals surface area contributed by atoms with Crippen molar-refractivity contribution >= 4 is 17.6 Å². The third-order valence-corrected chi connectivity index (χ3v) is 4.07. The molecule has 1 N–H and O–H groups in total. The van der Waals surface area contributed by atoms with Gasteiger partial charge in [-0.2, -0.15) is 0 Å². The summed E-state index contributed by atoms with van der Waals surface area (Å²) in [5.41, 5.74) is -0.316. The molecule has 1 aromatic rings. The number of fused-ring (bicyclic) bond motifs is 1. The minimum Gasteiger partial charge on any atom is -0.486 e. The van der Waals surface area contributed by atoms with E-state index in [1.54, 1.807) is 12.1 Å². The number of hydrogen-bond donors (Lipinski definition) is 1. The topological polar surface area (TPSA) is 55.8 Å². The van der Waals surface area contributed by atoms with Crippen LogP contribution in [0.2, 0.25) is 5.02 Å². The molecule has 0 spiro atoms. The Morgan fingerprint density at radius 3 is 2.61 bits per heavy atom. The average Bonchev–Trinajstić information content (AvgIpc) is 2.30. The largest absolute Gasteiger partial charge is 0.486 e. The molecule has 0 atom stereocenters. The van der Waals surface area contributed by atoms with Gasteiger partial charge in [-0.05, 0) is 25.0 Å². The number of rotatable bonds is 2. The third-order valence-electron chi connectivity index (χ3n) is 3.75. The smallest absolute Gasteiger partial charge is 0.314 e. The summed E-state index contributed by atoms with van der Waals surface area (Å²) in [5.74, 6) is 0.266. The fourth-order valence-electron chi connectivity index (χ4n) is 2.64. The molecule has 3 rings (SSSR count). The van der Waals surface area contributed by atoms with Gasteiger partial charge in [0, 0.05) is 10.6 Å². The van der Waals surface area contributed by atoms with Crippen LogP contribution in [0.15, 0.2) is 12.1 Å². The van der Waals surface area contributed by atoms with Crippen LogP contribution in [0.4, 0.5) is 0 Å². The molecule has 2 aliphatic rings. The van der Waals surface area contributed by atoms with Crippen LogP contribution < -0.4 is 9.47 Å². The summed E-state index contributed by atoms with van der Waals surface area (Å²) in [5, 5.41) is 9.95. The number of hydrogen-bond acceptors (Lipinski definition) is 3. The van der Waals surface area contributed by atoms with Crippen molar-refractivity contribution in [2.45, 2.75) is 24.7 Å². The van der Waals surface area contributed by atoms with E-state index in [-0.39, 0.29) is 0 Å². The molecule has 1 saturated carbocycles. The van der Waals surface area contributed by atoms with E-state index in [4.69, 9.17) is 21.1 Å². The van der Waals surface area contributed by atoms with Crippen molar-refractivity contribution in [1.29, 1.82) is 0 Å². The maximum Gasteiger partial charge on any atom is 0.314 e. The molecule has 0 amide bonds. The molecule has 1 aliphatic carbocycles. The Morgan fingerprint density at radius 2 is 2.00 bits per heavy atom. The predicted molar refractivity (Wildman–Crippen MR) is 65.6 cm³/mol. The first-order valence-corrected chi connectivity index (χ1v) is 6.35. The molecule has 4 nitrogen and oxygen atoms in total. The number of benzene rings is 1. The lowest BCUT2D eigenvalue weighted by Crippen LogP contribution is -2.43. The van der Waals surface area contributed by atoms with Crippen LogP contribution in [0.3, 0.4) is 0 Å². The van der Waals surface area contributed by atoms with Crippen molar-refractivity contribution in [3.05, 3.63) is 22.7 Å². The van der Waals surface area contributed by atoms with Crippen molar-refractivity contribution in [3.63, 3.8) is 0 Å². The molecule has 0 aromatic heterocycles. The molecule has 0 unspecified atom stereocenters. The van der Waals surface area contributed by atoms with Crippen molar-refractivity contribution in [3.8, 4) is 11.5 Å². The van der Waals surface area contributed by atoms with Crippen LogP contribution in [0.25, 0.3) is 0 Å². The van der Waals surface area contributed by atoms with Crippen LogP contribution in [-0.2, 0) is 10.2 Å². The lowest BCUT2D eigenvalue weighted by Gasteiger charge is -2.40. The Kier molecular flexibility index (Phi) is 2.63. The van der Waals surface area contributed by atoms with Crippen LogP contribution >= 0.6 is 11.6 Å². The van der Waals surface area contributed by atoms with Crippen molar-refractivity contribution < 1.29 is 19.4 Å². The van der Waals surface area contributed by atoms with Crippen LogP contribution in [0, 0.1) is 0 Å². The van der Waals surface area contributed by atoms with E-state index in [1.807, 2.05) is 0 Å². The molecule has 5 heteroatoms. The predicted octanol–water partition coefficient (Wildman–Crippen LogP) is 2.62. The molecule has 1 heterocycles. The molecular weight excluding hydrogens is 256 g/mol. The molecule has 1 fully saturated rings. The highest BCUT2D eigenvalue weighted by atomic mass is 35.5. The Morgan fingerprint density at radius 1 is 1.28 bits per heavy atom. The molecule has 0 radical (unpaired) electrons. The zero-order valence-electron chi connectivity index (χ0n) is 9.74. The number of ether oxygens (including phenoxy) is 2. The minimum absolute atomic E-state index is 0.427. The van der Waals surface area contributed by atoms with Crippen molar-refractivity contribution in [2.24, 2.45) is 0 Å². The summed E-state index contributed by atoms with van der Waals surface area (Å²) in [7, 11) is 0. The Labute approximate surface area is 109 Å². The second-order valence-corrected chi connectivity index (χ2v) is 5.09. The van der Waals surface area contributed by atoms with Gasteiger partial charge in [-0.1, -0.05) is 18.0 Å². The van der Waals surface area contributed by atoms with Gasteiger partial charge in [-0.3, -0.25) is 4.79 Å². The fraction of sp³-hybridized carbons (Fsp3) is 0.462. The molecule has 18 heavy (non-hydrogen) atoms. The zero-order chi connectivity index (χ0) is 12.8. The minimum atomic E-state index is -0.900. The van der Waals surface area contributed by atoms with Gasteiger partial charge in [-0.15, -0.1) is 0 Å². The summed E-state index contributed by atoms with van der Waals surface area (Å²) in [6, 6.07) is 3.42. The maximum atomic E-state index is 11.6. The molecule has 1 aliphatic heterocycles. The SMILES string of the molecule is O=C(O)C1(c2c(Cl)ccc3c2OCCO3)CCC1. The van der Waals surface area contributed by atoms with E-state index in [2.05, 4.69) is 0 Å². The molecule has 0 saturated heterocycles. The Bertz CT molecular complexity index is 508. The van der Waals surface area contributed by atoms with Crippen LogP contribution in [0.1, 0.15) is 24.8 Å². The summed E-state index contributed by atoms with van der Waals surface area (Å²) >= 11 is 6.20. The number of carbonyl (C=O) groups is 1. The van der Waals surface area contributed by atoms with E-state index in [1.165, 1.54) is 0 Å². The highest BCUT2D eigenvalue weighted by molar-refractivity contribution is 6.32. The van der Waals surface area contributed by atoms with Gasteiger partial charge in [0.25, 0.3) is 0 Å². The number of halogens is 1. The van der Waals surface area contributed by atoms with Gasteiger partial charge < -0.3 is 14.6 Å². The lowest BCUT2D eigenvalue weighted by molar-refractivity contribution is -0.147. The van der Waals surface area contributed by atoms with E-state index < -0.39 is 11.4 Å². The van der Waals surface area contributed by atoms with E-state index in [0.717, 1.165) is 6.42 Å². The van der Waals surface area contributed by atoms with Gasteiger partial charge in [-0.25, -0.2) is 0 Å². The standard InChI is InChI=1S/C13H13ClO4/c14-8-2-3-9-11(18-7-6-17-9)10(8)13(12(15)16)4-1-5-13/h2-3H,1,4-7H2,(H,15,16). The average molecular weight is 269 g/mol. The Balaban J connectivity index is 2.18. The van der Waals surface area contributed by atoms with Gasteiger partial charge in [0.2, 0.25) is 0 Å². The second-order valence-electron chi connectivity index (χ2n) is 4.69. The third kappa shape index (κ3) is 1.48. The van der Waals surface area contributed by atoms with Crippen LogP contribution in [-0.4, -0.2) is 24.3 Å². The quantitative estimate of drug-likeness (QED) is 0.896. The first kappa shape index (κ1) is 11.7. The normalized spacial score (nSPS) is 20.1. The van der Waals surface area contributed by atoms with E-state index >= 15 is 0 Å². The van der Waals surface area contributed by atoms with E-state index in [0.29, 0.717) is 48.1 Å². The second kappa shape index (κ2) is 4.05. The number of carboxylic acids is 1. The van der Waals surface area contributed by atoms with Gasteiger partial charge in [0.05, 0.1) is 5.41 Å². The molecule has 0 bridgehead atoms. The van der Waals surface area contributed by atoms with Gasteiger partial charge in [0.15, 0.2) is 11.5 Å². The van der Waals surface area contributed by atoms with Gasteiger partial charge in [0.1, 0.15) is 13.2 Å². The number of aliphatic carboxylic acids is 1. The summed E-state index contributed by atoms with van der Waals surface area (Å²) in [6.07, 6.45) is 2.09. The zero-order valence-corrected chi connectivity index (χ0v) is 10.5. The highest BCUT2D eigenvalue weighted by Crippen LogP contribution is 2.53. The van der Waals surface area contributed by atoms with Gasteiger partial charge >= 0.3 is 5.97 Å². The summed E-state index contributed by atoms with van der Waals surface area (Å²) < 4.78 is 11.1. The molecular formula is C13H13ClO4. The Hall–Kier alpha value is -1.42. The molecule has 1 aromatic carbocycles.